The highest BCUT2D eigenvalue weighted by Gasteiger charge is 2.11. The van der Waals surface area contributed by atoms with Gasteiger partial charge < -0.3 is 10.4 Å². The van der Waals surface area contributed by atoms with Crippen LogP contribution in [0.1, 0.15) is 0 Å². The summed E-state index contributed by atoms with van der Waals surface area (Å²) in [6.07, 6.45) is 0. The number of benzene rings is 2. The van der Waals surface area contributed by atoms with E-state index in [4.69, 9.17) is 23.2 Å². The van der Waals surface area contributed by atoms with Crippen LogP contribution in [0.15, 0.2) is 53.6 Å². The lowest BCUT2D eigenvalue weighted by molar-refractivity contribution is -0.110. The average Bonchev–Trinajstić information content (AvgIpc) is 2.48. The van der Waals surface area contributed by atoms with Crippen molar-refractivity contribution in [1.29, 1.82) is 0 Å². The minimum absolute atomic E-state index is 0.0547. The van der Waals surface area contributed by atoms with Crippen molar-refractivity contribution < 1.29 is 9.90 Å². The lowest BCUT2D eigenvalue weighted by atomic mass is 10.3. The molecule has 0 atom stereocenters. The predicted molar refractivity (Wildman–Crippen MR) is 85.1 cm³/mol. The number of aromatic hydroxyl groups is 1. The van der Waals surface area contributed by atoms with Gasteiger partial charge in [0, 0.05) is 5.02 Å². The maximum Gasteiger partial charge on any atom is 0.287 e. The molecule has 0 aliphatic rings. The molecule has 0 bridgehead atoms. The Labute approximate surface area is 131 Å². The fourth-order valence-electron chi connectivity index (χ4n) is 1.44. The first kappa shape index (κ1) is 15.2. The number of hydrogen-bond acceptors (Lipinski definition) is 4. The molecule has 3 N–H and O–H groups in total. The first-order valence-corrected chi connectivity index (χ1v) is 6.66. The quantitative estimate of drug-likeness (QED) is 0.457. The molecule has 0 fully saturated rings. The Kier molecular flexibility index (Phi) is 5.03. The molecule has 21 heavy (non-hydrogen) atoms. The Morgan fingerprint density at radius 3 is 2.43 bits per heavy atom. The van der Waals surface area contributed by atoms with Crippen LogP contribution < -0.4 is 10.7 Å². The molecule has 2 aromatic carbocycles. The van der Waals surface area contributed by atoms with Crippen LogP contribution in [0.3, 0.4) is 0 Å². The number of amides is 1. The molecule has 0 radical (unpaired) electrons. The van der Waals surface area contributed by atoms with Gasteiger partial charge in [-0.3, -0.25) is 10.2 Å². The van der Waals surface area contributed by atoms with Gasteiger partial charge in [0.25, 0.3) is 5.91 Å². The van der Waals surface area contributed by atoms with Crippen molar-refractivity contribution in [2.75, 3.05) is 10.7 Å². The number of anilines is 2. The first-order chi connectivity index (χ1) is 10.1. The summed E-state index contributed by atoms with van der Waals surface area (Å²) in [5, 5.41) is 16.0. The molecule has 0 saturated heterocycles. The Hall–Kier alpha value is -2.24. The van der Waals surface area contributed by atoms with Crippen LogP contribution in [0.5, 0.6) is 5.75 Å². The second-order valence-corrected chi connectivity index (χ2v) is 4.79. The highest BCUT2D eigenvalue weighted by atomic mass is 35.5. The van der Waals surface area contributed by atoms with Gasteiger partial charge in [-0.1, -0.05) is 35.3 Å². The number of carbonyl (C=O) groups is 1. The minimum atomic E-state index is -0.639. The van der Waals surface area contributed by atoms with Crippen molar-refractivity contribution in [2.45, 2.75) is 0 Å². The van der Waals surface area contributed by atoms with Crippen molar-refractivity contribution in [3.63, 3.8) is 0 Å². The molecule has 0 unspecified atom stereocenters. The molecule has 2 rings (SSSR count). The number of phenolic OH excluding ortho intramolecular Hbond substituents is 1. The second-order valence-electron chi connectivity index (χ2n) is 3.99. The third-order valence-corrected chi connectivity index (χ3v) is 2.98. The van der Waals surface area contributed by atoms with Gasteiger partial charge in [0.05, 0.1) is 11.4 Å². The molecule has 0 aromatic heterocycles. The van der Waals surface area contributed by atoms with Gasteiger partial charge >= 0.3 is 0 Å². The van der Waals surface area contributed by atoms with Crippen LogP contribution in [0.4, 0.5) is 11.4 Å². The normalized spacial score (nSPS) is 11.0. The fourth-order valence-corrected chi connectivity index (χ4v) is 1.66. The topological polar surface area (TPSA) is 73.7 Å². The second kappa shape index (κ2) is 6.97. The van der Waals surface area contributed by atoms with E-state index in [9.17, 15) is 9.90 Å². The fraction of sp³-hybridized carbons (Fsp3) is 0. The third kappa shape index (κ3) is 4.37. The molecule has 0 spiro atoms. The van der Waals surface area contributed by atoms with E-state index in [1.165, 1.54) is 6.07 Å². The third-order valence-electron chi connectivity index (χ3n) is 2.47. The summed E-state index contributed by atoms with van der Waals surface area (Å²) in [4.78, 5) is 11.8. The monoisotopic (exact) mass is 323 g/mol. The molecule has 2 aromatic rings. The van der Waals surface area contributed by atoms with Crippen LogP contribution >= 0.6 is 23.2 Å². The SMILES string of the molecule is O=C(Nc1ccccc1O)C(Cl)=NNc1ccc(Cl)cc1. The molecule has 108 valence electrons. The van der Waals surface area contributed by atoms with E-state index >= 15 is 0 Å². The molecule has 5 nitrogen and oxygen atoms in total. The molecule has 0 aliphatic carbocycles. The summed E-state index contributed by atoms with van der Waals surface area (Å²) in [5.41, 5.74) is 3.51. The summed E-state index contributed by atoms with van der Waals surface area (Å²) in [6.45, 7) is 0. The van der Waals surface area contributed by atoms with Gasteiger partial charge in [0.1, 0.15) is 5.75 Å². The summed E-state index contributed by atoms with van der Waals surface area (Å²) in [7, 11) is 0. The van der Waals surface area contributed by atoms with Gasteiger partial charge in [0.2, 0.25) is 5.17 Å². The Balaban J connectivity index is 2.00. The highest BCUT2D eigenvalue weighted by molar-refractivity contribution is 6.84. The molecule has 0 heterocycles. The van der Waals surface area contributed by atoms with Crippen LogP contribution in [0.2, 0.25) is 5.02 Å². The van der Waals surface area contributed by atoms with E-state index in [1.54, 1.807) is 42.5 Å². The number of rotatable bonds is 4. The van der Waals surface area contributed by atoms with Crippen molar-refractivity contribution in [2.24, 2.45) is 5.10 Å². The Morgan fingerprint density at radius 1 is 1.10 bits per heavy atom. The van der Waals surface area contributed by atoms with E-state index in [1.807, 2.05) is 0 Å². The summed E-state index contributed by atoms with van der Waals surface area (Å²) in [5.74, 6) is -0.694. The van der Waals surface area contributed by atoms with Crippen molar-refractivity contribution in [3.8, 4) is 5.75 Å². The number of hydrazone groups is 1. The minimum Gasteiger partial charge on any atom is -0.506 e. The number of nitrogens with one attached hydrogen (secondary N) is 2. The summed E-state index contributed by atoms with van der Waals surface area (Å²) >= 11 is 11.5. The van der Waals surface area contributed by atoms with Crippen molar-refractivity contribution >= 4 is 45.7 Å². The largest absolute Gasteiger partial charge is 0.506 e. The number of para-hydroxylation sites is 2. The maximum absolute atomic E-state index is 11.8. The maximum atomic E-state index is 11.8. The van der Waals surface area contributed by atoms with Gasteiger partial charge in [0.15, 0.2) is 0 Å². The summed E-state index contributed by atoms with van der Waals surface area (Å²) < 4.78 is 0. The van der Waals surface area contributed by atoms with E-state index in [0.717, 1.165) is 0 Å². The molecular formula is C14H11Cl2N3O2. The number of halogens is 2. The van der Waals surface area contributed by atoms with Gasteiger partial charge in [-0.05, 0) is 36.4 Å². The first-order valence-electron chi connectivity index (χ1n) is 5.90. The van der Waals surface area contributed by atoms with E-state index < -0.39 is 5.91 Å². The van der Waals surface area contributed by atoms with Crippen molar-refractivity contribution in [3.05, 3.63) is 53.6 Å². The molecule has 7 heteroatoms. The lowest BCUT2D eigenvalue weighted by Crippen LogP contribution is -2.19. The van der Waals surface area contributed by atoms with E-state index in [2.05, 4.69) is 15.8 Å². The molecular weight excluding hydrogens is 313 g/mol. The zero-order valence-electron chi connectivity index (χ0n) is 10.7. The molecule has 0 aliphatic heterocycles. The smallest absolute Gasteiger partial charge is 0.287 e. The standard InChI is InChI=1S/C14H11Cl2N3O2/c15-9-5-7-10(8-6-9)18-19-13(16)14(21)17-11-3-1-2-4-12(11)20/h1-8,18,20H,(H,17,21). The van der Waals surface area contributed by atoms with Crippen LogP contribution in [0, 0.1) is 0 Å². The predicted octanol–water partition coefficient (Wildman–Crippen LogP) is 3.65. The zero-order chi connectivity index (χ0) is 15.2. The van der Waals surface area contributed by atoms with Gasteiger partial charge in [-0.25, -0.2) is 0 Å². The van der Waals surface area contributed by atoms with E-state index in [-0.39, 0.29) is 16.6 Å². The average molecular weight is 324 g/mol. The Bertz CT molecular complexity index is 672. The Morgan fingerprint density at radius 2 is 1.76 bits per heavy atom. The van der Waals surface area contributed by atoms with Gasteiger partial charge in [-0.15, -0.1) is 0 Å². The summed E-state index contributed by atoms with van der Waals surface area (Å²) in [6, 6.07) is 13.0. The number of phenols is 1. The molecule has 0 saturated carbocycles. The van der Waals surface area contributed by atoms with Crippen molar-refractivity contribution in [1.82, 2.24) is 0 Å². The van der Waals surface area contributed by atoms with Crippen LogP contribution in [-0.4, -0.2) is 16.2 Å². The van der Waals surface area contributed by atoms with E-state index in [0.29, 0.717) is 10.7 Å². The number of carbonyl (C=O) groups excluding carboxylic acids is 1. The highest BCUT2D eigenvalue weighted by Crippen LogP contribution is 2.21. The number of hydrogen-bond donors (Lipinski definition) is 3. The lowest BCUT2D eigenvalue weighted by Gasteiger charge is -2.06. The molecule has 1 amide bonds. The van der Waals surface area contributed by atoms with Crippen LogP contribution in [0.25, 0.3) is 0 Å². The van der Waals surface area contributed by atoms with Gasteiger partial charge in [-0.2, -0.15) is 5.10 Å². The number of nitrogens with zero attached hydrogens (tertiary/aromatic N) is 1. The zero-order valence-corrected chi connectivity index (χ0v) is 12.2. The van der Waals surface area contributed by atoms with Crippen LogP contribution in [-0.2, 0) is 4.79 Å².